The number of thiocyanates is 1. The molecule has 272 valence electrons. The minimum absolute atomic E-state index is 0.214. The molecule has 45 heavy (non-hydrogen) atoms. The average molecular weight is 815 g/mol. The molecule has 0 bridgehead atoms. The van der Waals surface area contributed by atoms with Crippen LogP contribution in [0.5, 0.6) is 0 Å². The molecule has 2 unspecified atom stereocenters. The molecule has 0 aromatic heterocycles. The van der Waals surface area contributed by atoms with Crippen molar-refractivity contribution in [1.29, 1.82) is 5.26 Å². The Labute approximate surface area is 257 Å². The predicted molar refractivity (Wildman–Crippen MR) is 119 cm³/mol. The van der Waals surface area contributed by atoms with Gasteiger partial charge in [-0.25, -0.2) is 17.2 Å². The Kier molecular flexibility index (Phi) is 18.5. The standard InChI is InChI=1S/C9H7F10NS.C8H7ClF10O2S.Cl2/c10-6(8(14,15)16,9(17,18)19)3-5(7(11,12)13)1-2-21-4-20;9-22(20,21)2-1-4(6(11,12)13)3-5(10,7(14,15)16)8(17,18)19;1-2/h5H,1-3H2;4H,1-3H2;. The average Bonchev–Trinajstić information content (AvgIpc) is 2.77. The van der Waals surface area contributed by atoms with Gasteiger partial charge in [-0.3, -0.25) is 0 Å². The second-order valence-corrected chi connectivity index (χ2v) is 12.0. The lowest BCUT2D eigenvalue weighted by Crippen LogP contribution is -2.55. The molecule has 0 saturated heterocycles. The molecule has 28 heteroatoms. The number of alkyl halides is 20. The predicted octanol–water partition coefficient (Wildman–Crippen LogP) is 10.7. The van der Waals surface area contributed by atoms with E-state index >= 15 is 0 Å². The van der Waals surface area contributed by atoms with Gasteiger partial charge in [0.15, 0.2) is 0 Å². The van der Waals surface area contributed by atoms with Crippen molar-refractivity contribution >= 4 is 53.2 Å². The maximum atomic E-state index is 13.3. The fourth-order valence-corrected chi connectivity index (χ4v) is 4.08. The zero-order valence-corrected chi connectivity index (χ0v) is 24.6. The quantitative estimate of drug-likeness (QED) is 0.0954. The van der Waals surface area contributed by atoms with E-state index in [1.165, 1.54) is 5.40 Å². The summed E-state index contributed by atoms with van der Waals surface area (Å²) in [5.74, 6) is -8.92. The third kappa shape index (κ3) is 15.8. The molecule has 0 heterocycles. The highest BCUT2D eigenvalue weighted by molar-refractivity contribution is 8.13. The highest BCUT2D eigenvalue weighted by Gasteiger charge is 2.74. The molecule has 0 fully saturated rings. The number of hydrogen-bond acceptors (Lipinski definition) is 4. The molecule has 0 saturated carbocycles. The Morgan fingerprint density at radius 3 is 1.04 bits per heavy atom. The van der Waals surface area contributed by atoms with Gasteiger partial charge in [0.2, 0.25) is 9.05 Å². The van der Waals surface area contributed by atoms with Crippen LogP contribution in [0.2, 0.25) is 0 Å². The van der Waals surface area contributed by atoms with E-state index in [2.05, 4.69) is 32.4 Å². The van der Waals surface area contributed by atoms with Crippen LogP contribution in [0.1, 0.15) is 25.7 Å². The lowest BCUT2D eigenvalue weighted by molar-refractivity contribution is -0.353. The van der Waals surface area contributed by atoms with E-state index < -0.39 is 106 Å². The molecule has 0 aliphatic heterocycles. The number of hydrogen-bond donors (Lipinski definition) is 0. The third-order valence-corrected chi connectivity index (χ3v) is 6.88. The maximum absolute atomic E-state index is 13.3. The Morgan fingerprint density at radius 2 is 0.844 bits per heavy atom. The zero-order valence-electron chi connectivity index (χ0n) is 20.7. The van der Waals surface area contributed by atoms with E-state index in [-0.39, 0.29) is 11.8 Å². The van der Waals surface area contributed by atoms with Gasteiger partial charge in [0, 0.05) is 51.0 Å². The SMILES string of the molecule is ClCl.N#CSCCC(CC(F)(C(F)(F)F)C(F)(F)F)C(F)(F)F.O=S(=O)(Cl)CCC(CC(F)(C(F)(F)F)C(F)(F)F)C(F)(F)F. The van der Waals surface area contributed by atoms with Crippen LogP contribution in [-0.2, 0) is 9.05 Å². The molecule has 0 amide bonds. The summed E-state index contributed by atoms with van der Waals surface area (Å²) in [5.41, 5.74) is -12.1. The summed E-state index contributed by atoms with van der Waals surface area (Å²) in [6.45, 7) is 0. The second-order valence-electron chi connectivity index (χ2n) is 8.24. The van der Waals surface area contributed by atoms with Crippen molar-refractivity contribution in [3.05, 3.63) is 0 Å². The van der Waals surface area contributed by atoms with Gasteiger partial charge in [-0.2, -0.15) is 84.3 Å². The van der Waals surface area contributed by atoms with E-state index in [9.17, 15) is 96.2 Å². The molecule has 0 spiro atoms. The van der Waals surface area contributed by atoms with Crippen molar-refractivity contribution < 1.29 is 96.2 Å². The van der Waals surface area contributed by atoms with Gasteiger partial charge in [0.25, 0.3) is 11.3 Å². The normalized spacial score (nSPS) is 15.6. The molecule has 0 aromatic carbocycles. The van der Waals surface area contributed by atoms with Gasteiger partial charge in [0.05, 0.1) is 17.6 Å². The van der Waals surface area contributed by atoms with E-state index in [4.69, 9.17) is 5.26 Å². The molecule has 0 rings (SSSR count). The van der Waals surface area contributed by atoms with Gasteiger partial charge < -0.3 is 0 Å². The van der Waals surface area contributed by atoms with Gasteiger partial charge in [0.1, 0.15) is 5.40 Å². The van der Waals surface area contributed by atoms with Crippen molar-refractivity contribution in [3.63, 3.8) is 0 Å². The summed E-state index contributed by atoms with van der Waals surface area (Å²) in [7, 11) is 8.15. The van der Waals surface area contributed by atoms with Crippen molar-refractivity contribution in [1.82, 2.24) is 0 Å². The summed E-state index contributed by atoms with van der Waals surface area (Å²) >= 11 is 0.214. The van der Waals surface area contributed by atoms with E-state index in [0.717, 1.165) is 0 Å². The zero-order chi connectivity index (χ0) is 37.3. The smallest absolute Gasteiger partial charge is 0.224 e. The van der Waals surface area contributed by atoms with Crippen LogP contribution in [0, 0.1) is 22.5 Å². The first-order valence-corrected chi connectivity index (χ1v) is 14.9. The number of nitriles is 1. The Bertz CT molecular complexity index is 1000. The Balaban J connectivity index is -0.000000743. The molecule has 0 aliphatic carbocycles. The second kappa shape index (κ2) is 17.1. The van der Waals surface area contributed by atoms with Crippen molar-refractivity contribution in [3.8, 4) is 5.40 Å². The third-order valence-electron chi connectivity index (χ3n) is 5.12. The van der Waals surface area contributed by atoms with Crippen molar-refractivity contribution in [2.45, 2.75) is 74.1 Å². The number of nitrogens with zero attached hydrogens (tertiary/aromatic N) is 1. The van der Waals surface area contributed by atoms with Crippen LogP contribution < -0.4 is 0 Å². The van der Waals surface area contributed by atoms with Crippen LogP contribution in [0.3, 0.4) is 0 Å². The molecule has 2 atom stereocenters. The minimum Gasteiger partial charge on any atom is -0.224 e. The van der Waals surface area contributed by atoms with Crippen molar-refractivity contribution in [2.75, 3.05) is 11.5 Å². The van der Waals surface area contributed by atoms with Gasteiger partial charge in [-0.15, -0.1) is 0 Å². The van der Waals surface area contributed by atoms with Gasteiger partial charge in [-0.05, 0) is 24.6 Å². The number of halogens is 23. The van der Waals surface area contributed by atoms with Crippen molar-refractivity contribution in [2.24, 2.45) is 11.8 Å². The molecule has 0 N–H and O–H groups in total. The first-order chi connectivity index (χ1) is 19.5. The number of rotatable bonds is 10. The fourth-order valence-electron chi connectivity index (χ4n) is 2.76. The van der Waals surface area contributed by atoms with E-state index in [0.29, 0.717) is 0 Å². The highest BCUT2D eigenvalue weighted by Crippen LogP contribution is 2.53. The lowest BCUT2D eigenvalue weighted by Gasteiger charge is -2.33. The monoisotopic (exact) mass is 813 g/mol. The number of thioether (sulfide) groups is 1. The summed E-state index contributed by atoms with van der Waals surface area (Å²) < 4.78 is 269. The van der Waals surface area contributed by atoms with Crippen LogP contribution >= 0.6 is 44.2 Å². The summed E-state index contributed by atoms with van der Waals surface area (Å²) in [5, 5.41) is 9.38. The molecule has 0 aliphatic rings. The lowest BCUT2D eigenvalue weighted by atomic mass is 9.88. The maximum Gasteiger partial charge on any atom is 0.431 e. The molecular weight excluding hydrogens is 801 g/mol. The van der Waals surface area contributed by atoms with Gasteiger partial charge >= 0.3 is 37.1 Å². The first-order valence-electron chi connectivity index (χ1n) is 10.3. The van der Waals surface area contributed by atoms with Crippen LogP contribution in [0.15, 0.2) is 0 Å². The summed E-state index contributed by atoms with van der Waals surface area (Å²) in [6.07, 6.45) is -46.4. The molecule has 3 nitrogen and oxygen atoms in total. The fraction of sp³-hybridized carbons (Fsp3) is 0.941. The molecular formula is C17H14Cl3F20NO2S2. The van der Waals surface area contributed by atoms with Gasteiger partial charge in [-0.1, -0.05) is 0 Å². The van der Waals surface area contributed by atoms with Crippen LogP contribution in [0.25, 0.3) is 0 Å². The van der Waals surface area contributed by atoms with E-state index in [1.807, 2.05) is 0 Å². The molecule has 0 radical (unpaired) electrons. The molecule has 0 aromatic rings. The summed E-state index contributed by atoms with van der Waals surface area (Å²) in [4.78, 5) is 0. The summed E-state index contributed by atoms with van der Waals surface area (Å²) in [6, 6.07) is 0. The first kappa shape index (κ1) is 48.7. The highest BCUT2D eigenvalue weighted by atomic mass is 36.5. The minimum atomic E-state index is -6.66. The van der Waals surface area contributed by atoms with Crippen LogP contribution in [-0.4, -0.2) is 68.3 Å². The Morgan fingerprint density at radius 1 is 0.578 bits per heavy atom. The largest absolute Gasteiger partial charge is 0.431 e. The van der Waals surface area contributed by atoms with Crippen LogP contribution in [0.4, 0.5) is 87.8 Å². The van der Waals surface area contributed by atoms with E-state index in [1.54, 1.807) is 0 Å². The Hall–Kier alpha value is -0.740. The topological polar surface area (TPSA) is 57.9 Å².